The number of thiophene rings is 1. The number of nitrogens with one attached hydrogen (secondary N) is 1. The normalized spacial score (nSPS) is 14.4. The van der Waals surface area contributed by atoms with Gasteiger partial charge in [0.25, 0.3) is 11.8 Å². The highest BCUT2D eigenvalue weighted by Gasteiger charge is 2.22. The summed E-state index contributed by atoms with van der Waals surface area (Å²) in [6.45, 7) is 1.43. The molecule has 2 amide bonds. The van der Waals surface area contributed by atoms with Gasteiger partial charge in [-0.3, -0.25) is 9.59 Å². The first-order valence-corrected chi connectivity index (χ1v) is 11.5. The van der Waals surface area contributed by atoms with Crippen molar-refractivity contribution >= 4 is 40.8 Å². The summed E-state index contributed by atoms with van der Waals surface area (Å²) in [5, 5.41) is 3.53. The van der Waals surface area contributed by atoms with Crippen LogP contribution in [0.25, 0.3) is 16.5 Å². The Labute approximate surface area is 191 Å². The van der Waals surface area contributed by atoms with E-state index in [0.717, 1.165) is 34.6 Å². The zero-order valence-corrected chi connectivity index (χ0v) is 18.6. The molecule has 1 fully saturated rings. The lowest BCUT2D eigenvalue weighted by Crippen LogP contribution is -2.41. The van der Waals surface area contributed by atoms with Crippen LogP contribution in [-0.4, -0.2) is 29.8 Å². The molecular formula is C25H23ClN2O2S. The third kappa shape index (κ3) is 5.24. The van der Waals surface area contributed by atoms with Crippen LogP contribution < -0.4 is 5.32 Å². The summed E-state index contributed by atoms with van der Waals surface area (Å²) in [5.74, 6) is -0.434. The molecule has 4 rings (SSSR count). The molecule has 158 valence electrons. The largest absolute Gasteiger partial charge is 0.337 e. The number of hydrogen-bond acceptors (Lipinski definition) is 3. The maximum Gasteiger partial charge on any atom is 0.270 e. The smallest absolute Gasteiger partial charge is 0.270 e. The lowest BCUT2D eigenvalue weighted by molar-refractivity contribution is -0.128. The molecule has 1 saturated heterocycles. The highest BCUT2D eigenvalue weighted by molar-refractivity contribution is 7.16. The Morgan fingerprint density at radius 3 is 2.35 bits per heavy atom. The predicted octanol–water partition coefficient (Wildman–Crippen LogP) is 5.85. The minimum Gasteiger partial charge on any atom is -0.337 e. The molecule has 1 aliphatic heterocycles. The molecule has 0 radical (unpaired) electrons. The number of carbonyl (C=O) groups is 2. The number of likely N-dealkylation sites (tertiary alicyclic amines) is 1. The summed E-state index contributed by atoms with van der Waals surface area (Å²) < 4.78 is 0. The van der Waals surface area contributed by atoms with E-state index in [1.807, 2.05) is 47.4 Å². The summed E-state index contributed by atoms with van der Waals surface area (Å²) in [7, 11) is 0. The standard InChI is InChI=1S/C25H23ClN2O2S/c26-21-12-6-5-11-20(21)23-14-13-19(31-23)17-22(25(30)28-15-7-2-8-16-28)27-24(29)18-9-3-1-4-10-18/h1,3-6,9-14,17H,2,7-8,15-16H2,(H,27,29)/b22-17-. The van der Waals surface area contributed by atoms with Gasteiger partial charge >= 0.3 is 0 Å². The van der Waals surface area contributed by atoms with Crippen molar-refractivity contribution in [1.29, 1.82) is 0 Å². The third-order valence-electron chi connectivity index (χ3n) is 5.21. The predicted molar refractivity (Wildman–Crippen MR) is 127 cm³/mol. The maximum absolute atomic E-state index is 13.2. The summed E-state index contributed by atoms with van der Waals surface area (Å²) in [6.07, 6.45) is 4.87. The maximum atomic E-state index is 13.2. The van der Waals surface area contributed by atoms with Gasteiger partial charge in [0.05, 0.1) is 0 Å². The molecule has 2 heterocycles. The second-order valence-electron chi connectivity index (χ2n) is 7.41. The van der Waals surface area contributed by atoms with Crippen molar-refractivity contribution < 1.29 is 9.59 Å². The van der Waals surface area contributed by atoms with Crippen LogP contribution in [0.15, 0.2) is 72.4 Å². The summed E-state index contributed by atoms with van der Waals surface area (Å²) in [6, 6.07) is 20.5. The number of rotatable bonds is 5. The van der Waals surface area contributed by atoms with E-state index >= 15 is 0 Å². The molecule has 0 spiro atoms. The molecule has 0 bridgehead atoms. The van der Waals surface area contributed by atoms with Gasteiger partial charge in [0, 0.05) is 39.0 Å². The van der Waals surface area contributed by atoms with Crippen molar-refractivity contribution in [2.75, 3.05) is 13.1 Å². The SMILES string of the molecule is O=C(N/C(=C\c1ccc(-c2ccccc2Cl)s1)C(=O)N1CCCCC1)c1ccccc1. The molecule has 6 heteroatoms. The first-order chi connectivity index (χ1) is 15.1. The van der Waals surface area contributed by atoms with E-state index in [-0.39, 0.29) is 11.8 Å². The highest BCUT2D eigenvalue weighted by atomic mass is 35.5. The molecule has 1 N–H and O–H groups in total. The first kappa shape index (κ1) is 21.3. The second kappa shape index (κ2) is 9.94. The number of piperidine rings is 1. The topological polar surface area (TPSA) is 49.4 Å². The molecular weight excluding hydrogens is 428 g/mol. The van der Waals surface area contributed by atoms with E-state index in [1.54, 1.807) is 30.3 Å². The molecule has 31 heavy (non-hydrogen) atoms. The zero-order chi connectivity index (χ0) is 21.6. The molecule has 0 saturated carbocycles. The average Bonchev–Trinajstić information content (AvgIpc) is 3.28. The van der Waals surface area contributed by atoms with Crippen LogP contribution in [0.1, 0.15) is 34.5 Å². The summed E-state index contributed by atoms with van der Waals surface area (Å²) in [5.41, 5.74) is 1.76. The van der Waals surface area contributed by atoms with Gasteiger partial charge in [0.15, 0.2) is 0 Å². The van der Waals surface area contributed by atoms with Gasteiger partial charge in [-0.05, 0) is 55.7 Å². The number of carbonyl (C=O) groups excluding carboxylic acids is 2. The minimum absolute atomic E-state index is 0.142. The van der Waals surface area contributed by atoms with Crippen molar-refractivity contribution in [2.24, 2.45) is 0 Å². The first-order valence-electron chi connectivity index (χ1n) is 10.3. The van der Waals surface area contributed by atoms with E-state index < -0.39 is 0 Å². The fraction of sp³-hybridized carbons (Fsp3) is 0.200. The van der Waals surface area contributed by atoms with E-state index in [2.05, 4.69) is 5.32 Å². The van der Waals surface area contributed by atoms with Gasteiger partial charge in [-0.1, -0.05) is 48.0 Å². The number of benzene rings is 2. The molecule has 1 aromatic heterocycles. The van der Waals surface area contributed by atoms with E-state index in [1.165, 1.54) is 11.3 Å². The molecule has 1 aliphatic rings. The number of amides is 2. The third-order valence-corrected chi connectivity index (χ3v) is 6.61. The minimum atomic E-state index is -0.292. The summed E-state index contributed by atoms with van der Waals surface area (Å²) >= 11 is 7.87. The molecule has 0 aliphatic carbocycles. The lowest BCUT2D eigenvalue weighted by Gasteiger charge is -2.27. The molecule has 2 aromatic carbocycles. The van der Waals surface area contributed by atoms with Crippen LogP contribution >= 0.6 is 22.9 Å². The van der Waals surface area contributed by atoms with Crippen molar-refractivity contribution in [3.63, 3.8) is 0 Å². The van der Waals surface area contributed by atoms with Crippen molar-refractivity contribution in [2.45, 2.75) is 19.3 Å². The van der Waals surface area contributed by atoms with Crippen LogP contribution in [0.3, 0.4) is 0 Å². The van der Waals surface area contributed by atoms with Gasteiger partial charge in [-0.15, -0.1) is 11.3 Å². The van der Waals surface area contributed by atoms with Crippen LogP contribution in [0.5, 0.6) is 0 Å². The molecule has 4 nitrogen and oxygen atoms in total. The van der Waals surface area contributed by atoms with Gasteiger partial charge in [-0.2, -0.15) is 0 Å². The zero-order valence-electron chi connectivity index (χ0n) is 17.0. The number of halogens is 1. The van der Waals surface area contributed by atoms with E-state index in [4.69, 9.17) is 11.6 Å². The van der Waals surface area contributed by atoms with E-state index in [0.29, 0.717) is 29.4 Å². The van der Waals surface area contributed by atoms with Crippen molar-refractivity contribution in [1.82, 2.24) is 10.2 Å². The second-order valence-corrected chi connectivity index (χ2v) is 8.94. The number of nitrogens with zero attached hydrogens (tertiary/aromatic N) is 1. The Kier molecular flexibility index (Phi) is 6.85. The highest BCUT2D eigenvalue weighted by Crippen LogP contribution is 2.34. The van der Waals surface area contributed by atoms with Crippen molar-refractivity contribution in [3.8, 4) is 10.4 Å². The number of hydrogen-bond donors (Lipinski definition) is 1. The Bertz CT molecular complexity index is 1100. The Morgan fingerprint density at radius 1 is 0.903 bits per heavy atom. The van der Waals surface area contributed by atoms with Crippen LogP contribution in [0, 0.1) is 0 Å². The Hall–Kier alpha value is -2.89. The van der Waals surface area contributed by atoms with E-state index in [9.17, 15) is 9.59 Å². The van der Waals surface area contributed by atoms with Gasteiger partial charge < -0.3 is 10.2 Å². The van der Waals surface area contributed by atoms with Crippen molar-refractivity contribution in [3.05, 3.63) is 87.9 Å². The fourth-order valence-corrected chi connectivity index (χ4v) is 4.87. The molecule has 0 unspecified atom stereocenters. The Morgan fingerprint density at radius 2 is 1.61 bits per heavy atom. The monoisotopic (exact) mass is 450 g/mol. The van der Waals surface area contributed by atoms with Crippen LogP contribution in [0.2, 0.25) is 5.02 Å². The van der Waals surface area contributed by atoms with Gasteiger partial charge in [0.2, 0.25) is 0 Å². The summed E-state index contributed by atoms with van der Waals surface area (Å²) in [4.78, 5) is 29.7. The van der Waals surface area contributed by atoms with Gasteiger partial charge in [0.1, 0.15) is 5.70 Å². The van der Waals surface area contributed by atoms with Crippen LogP contribution in [0.4, 0.5) is 0 Å². The Balaban J connectivity index is 1.63. The molecule has 3 aromatic rings. The quantitative estimate of drug-likeness (QED) is 0.495. The molecule has 0 atom stereocenters. The van der Waals surface area contributed by atoms with Crippen LogP contribution in [-0.2, 0) is 4.79 Å². The van der Waals surface area contributed by atoms with Gasteiger partial charge in [-0.25, -0.2) is 0 Å². The average molecular weight is 451 g/mol. The lowest BCUT2D eigenvalue weighted by atomic mass is 10.1. The fourth-order valence-electron chi connectivity index (χ4n) is 3.58.